The van der Waals surface area contributed by atoms with E-state index in [9.17, 15) is 9.59 Å². The second-order valence-electron chi connectivity index (χ2n) is 5.33. The van der Waals surface area contributed by atoms with Gasteiger partial charge in [-0.15, -0.1) is 0 Å². The maximum atomic E-state index is 10.9. The van der Waals surface area contributed by atoms with Gasteiger partial charge in [0.25, 0.3) is 0 Å². The Labute approximate surface area is 146 Å². The van der Waals surface area contributed by atoms with Gasteiger partial charge in [-0.3, -0.25) is 0 Å². The highest BCUT2D eigenvalue weighted by molar-refractivity contribution is 5.88. The molecule has 0 saturated heterocycles. The third-order valence-corrected chi connectivity index (χ3v) is 3.54. The first kappa shape index (κ1) is 18.3. The Balaban J connectivity index is 1.78. The number of ether oxygens (including phenoxy) is 2. The molecule has 0 heterocycles. The molecule has 0 aliphatic carbocycles. The summed E-state index contributed by atoms with van der Waals surface area (Å²) in [6.07, 6.45) is 2.66. The number of carbonyl (C=O) groups excluding carboxylic acids is 1. The third-order valence-electron chi connectivity index (χ3n) is 3.54. The van der Waals surface area contributed by atoms with Crippen LogP contribution in [0.25, 0.3) is 11.1 Å². The molecule has 0 bridgehead atoms. The topological polar surface area (TPSA) is 72.8 Å². The van der Waals surface area contributed by atoms with Gasteiger partial charge in [-0.1, -0.05) is 30.8 Å². The summed E-state index contributed by atoms with van der Waals surface area (Å²) in [7, 11) is 0. The van der Waals surface area contributed by atoms with Crippen LogP contribution in [0.1, 0.15) is 23.2 Å². The number of carboxylic acids is 1. The van der Waals surface area contributed by atoms with Crippen LogP contribution in [0, 0.1) is 0 Å². The number of carbonyl (C=O) groups is 2. The van der Waals surface area contributed by atoms with E-state index in [0.717, 1.165) is 35.8 Å². The molecule has 0 aromatic heterocycles. The van der Waals surface area contributed by atoms with Gasteiger partial charge in [0.1, 0.15) is 5.75 Å². The minimum Gasteiger partial charge on any atom is -0.494 e. The monoisotopic (exact) mass is 340 g/mol. The minimum absolute atomic E-state index is 0.266. The van der Waals surface area contributed by atoms with Crippen LogP contribution in [0.15, 0.2) is 61.2 Å². The fourth-order valence-corrected chi connectivity index (χ4v) is 2.17. The normalized spacial score (nSPS) is 10.1. The summed E-state index contributed by atoms with van der Waals surface area (Å²) in [6.45, 7) is 4.23. The first-order valence-corrected chi connectivity index (χ1v) is 7.96. The quantitative estimate of drug-likeness (QED) is 0.425. The van der Waals surface area contributed by atoms with Gasteiger partial charge < -0.3 is 14.6 Å². The van der Waals surface area contributed by atoms with Crippen molar-refractivity contribution in [2.75, 3.05) is 13.2 Å². The summed E-state index contributed by atoms with van der Waals surface area (Å²) in [4.78, 5) is 21.7. The van der Waals surface area contributed by atoms with Crippen molar-refractivity contribution in [3.8, 4) is 16.9 Å². The standard InChI is InChI=1S/C20H20O5/c1-2-19(21)25-14-4-3-13-24-18-11-9-16(10-12-18)15-5-7-17(8-6-15)20(22)23/h2,5-12H,1,3-4,13-14H2,(H,22,23). The molecule has 2 rings (SSSR count). The summed E-state index contributed by atoms with van der Waals surface area (Å²) in [6, 6.07) is 14.3. The molecule has 5 nitrogen and oxygen atoms in total. The van der Waals surface area contributed by atoms with Crippen LogP contribution in [0.2, 0.25) is 0 Å². The molecule has 0 fully saturated rings. The van der Waals surface area contributed by atoms with Gasteiger partial charge in [0, 0.05) is 6.08 Å². The summed E-state index contributed by atoms with van der Waals surface area (Å²) < 4.78 is 10.5. The molecule has 1 N–H and O–H groups in total. The lowest BCUT2D eigenvalue weighted by molar-refractivity contribution is -0.137. The molecular weight excluding hydrogens is 320 g/mol. The van der Waals surface area contributed by atoms with E-state index in [0.29, 0.717) is 13.2 Å². The van der Waals surface area contributed by atoms with E-state index in [4.69, 9.17) is 14.6 Å². The molecule has 0 aliphatic heterocycles. The Morgan fingerprint density at radius 1 is 0.920 bits per heavy atom. The zero-order valence-corrected chi connectivity index (χ0v) is 13.8. The maximum absolute atomic E-state index is 10.9. The third kappa shape index (κ3) is 5.80. The number of benzene rings is 2. The average molecular weight is 340 g/mol. The van der Waals surface area contributed by atoms with Crippen molar-refractivity contribution in [3.05, 3.63) is 66.7 Å². The van der Waals surface area contributed by atoms with E-state index in [1.165, 1.54) is 0 Å². The van der Waals surface area contributed by atoms with Gasteiger partial charge in [0.2, 0.25) is 0 Å². The molecule has 2 aromatic carbocycles. The number of hydrogen-bond acceptors (Lipinski definition) is 4. The number of esters is 1. The molecule has 130 valence electrons. The van der Waals surface area contributed by atoms with Gasteiger partial charge in [-0.25, -0.2) is 9.59 Å². The molecule has 0 atom stereocenters. The molecule has 0 spiro atoms. The number of rotatable bonds is 9. The molecule has 2 aromatic rings. The molecule has 0 unspecified atom stereocenters. The van der Waals surface area contributed by atoms with E-state index in [1.807, 2.05) is 24.3 Å². The second kappa shape index (κ2) is 9.27. The fraction of sp³-hybridized carbons (Fsp3) is 0.200. The SMILES string of the molecule is C=CC(=O)OCCCCOc1ccc(-c2ccc(C(=O)O)cc2)cc1. The summed E-state index contributed by atoms with van der Waals surface area (Å²) in [5.41, 5.74) is 2.20. The Morgan fingerprint density at radius 2 is 1.48 bits per heavy atom. The second-order valence-corrected chi connectivity index (χ2v) is 5.33. The fourth-order valence-electron chi connectivity index (χ4n) is 2.17. The van der Waals surface area contributed by atoms with Crippen LogP contribution in [-0.4, -0.2) is 30.3 Å². The lowest BCUT2D eigenvalue weighted by atomic mass is 10.0. The number of unbranched alkanes of at least 4 members (excludes halogenated alkanes) is 1. The van der Waals surface area contributed by atoms with Gasteiger partial charge in [0.05, 0.1) is 18.8 Å². The first-order chi connectivity index (χ1) is 12.1. The molecule has 25 heavy (non-hydrogen) atoms. The van der Waals surface area contributed by atoms with Crippen LogP contribution in [0.3, 0.4) is 0 Å². The predicted octanol–water partition coefficient (Wildman–Crippen LogP) is 3.94. The largest absolute Gasteiger partial charge is 0.494 e. The van der Waals surface area contributed by atoms with Crippen LogP contribution in [-0.2, 0) is 9.53 Å². The van der Waals surface area contributed by atoms with Crippen molar-refractivity contribution in [1.29, 1.82) is 0 Å². The van der Waals surface area contributed by atoms with Crippen molar-refractivity contribution in [1.82, 2.24) is 0 Å². The Hall–Kier alpha value is -3.08. The Kier molecular flexibility index (Phi) is 6.77. The minimum atomic E-state index is -0.936. The molecule has 0 radical (unpaired) electrons. The highest BCUT2D eigenvalue weighted by Gasteiger charge is 2.03. The van der Waals surface area contributed by atoms with E-state index >= 15 is 0 Å². The van der Waals surface area contributed by atoms with Gasteiger partial charge in [-0.2, -0.15) is 0 Å². The first-order valence-electron chi connectivity index (χ1n) is 7.96. The maximum Gasteiger partial charge on any atom is 0.335 e. The van der Waals surface area contributed by atoms with Gasteiger partial charge >= 0.3 is 11.9 Å². The number of hydrogen-bond donors (Lipinski definition) is 1. The van der Waals surface area contributed by atoms with E-state index in [-0.39, 0.29) is 5.56 Å². The zero-order valence-electron chi connectivity index (χ0n) is 13.8. The van der Waals surface area contributed by atoms with Crippen LogP contribution < -0.4 is 4.74 Å². The number of aromatic carboxylic acids is 1. The zero-order chi connectivity index (χ0) is 18.1. The summed E-state index contributed by atoms with van der Waals surface area (Å²) in [5, 5.41) is 8.91. The Bertz CT molecular complexity index is 717. The highest BCUT2D eigenvalue weighted by Crippen LogP contribution is 2.23. The predicted molar refractivity (Wildman–Crippen MR) is 94.7 cm³/mol. The van der Waals surface area contributed by atoms with E-state index in [1.54, 1.807) is 24.3 Å². The average Bonchev–Trinajstić information content (AvgIpc) is 2.65. The molecule has 0 amide bonds. The van der Waals surface area contributed by atoms with Crippen molar-refractivity contribution >= 4 is 11.9 Å². The smallest absolute Gasteiger partial charge is 0.335 e. The number of carboxylic acid groups (broad SMARTS) is 1. The highest BCUT2D eigenvalue weighted by atomic mass is 16.5. The van der Waals surface area contributed by atoms with Crippen LogP contribution in [0.4, 0.5) is 0 Å². The van der Waals surface area contributed by atoms with Crippen LogP contribution in [0.5, 0.6) is 5.75 Å². The lowest BCUT2D eigenvalue weighted by Crippen LogP contribution is -2.04. The van der Waals surface area contributed by atoms with Crippen molar-refractivity contribution in [2.24, 2.45) is 0 Å². The lowest BCUT2D eigenvalue weighted by Gasteiger charge is -2.08. The Morgan fingerprint density at radius 3 is 2.04 bits per heavy atom. The van der Waals surface area contributed by atoms with E-state index in [2.05, 4.69) is 6.58 Å². The van der Waals surface area contributed by atoms with Crippen LogP contribution >= 0.6 is 0 Å². The molecule has 0 aliphatic rings. The van der Waals surface area contributed by atoms with Crippen molar-refractivity contribution in [2.45, 2.75) is 12.8 Å². The van der Waals surface area contributed by atoms with E-state index < -0.39 is 11.9 Å². The van der Waals surface area contributed by atoms with Crippen molar-refractivity contribution in [3.63, 3.8) is 0 Å². The summed E-state index contributed by atoms with van der Waals surface area (Å²) in [5.74, 6) is -0.587. The summed E-state index contributed by atoms with van der Waals surface area (Å²) >= 11 is 0. The molecule has 0 saturated carbocycles. The molecular formula is C20H20O5. The van der Waals surface area contributed by atoms with Crippen molar-refractivity contribution < 1.29 is 24.2 Å². The van der Waals surface area contributed by atoms with Gasteiger partial charge in [0.15, 0.2) is 0 Å². The van der Waals surface area contributed by atoms with Gasteiger partial charge in [-0.05, 0) is 48.2 Å². The molecule has 5 heteroatoms.